The van der Waals surface area contributed by atoms with Crippen LogP contribution in [0.5, 0.6) is 0 Å². The number of aromatic nitrogens is 1. The number of rotatable bonds is 5. The molecule has 0 aliphatic carbocycles. The van der Waals surface area contributed by atoms with E-state index >= 15 is 0 Å². The second-order valence-corrected chi connectivity index (χ2v) is 10.8. The largest absolute Gasteiger partial charge is 0.347 e. The fourth-order valence-corrected chi connectivity index (χ4v) is 7.02. The number of carbonyl (C=O) groups is 1. The molecule has 0 saturated carbocycles. The second kappa shape index (κ2) is 9.00. The molecule has 2 aliphatic rings. The van der Waals surface area contributed by atoms with E-state index in [4.69, 9.17) is 21.1 Å². The molecular weight excluding hydrogens is 476 g/mol. The van der Waals surface area contributed by atoms with Crippen LogP contribution in [0.3, 0.4) is 0 Å². The topological polar surface area (TPSA) is 77.8 Å². The van der Waals surface area contributed by atoms with E-state index in [-0.39, 0.29) is 22.6 Å². The van der Waals surface area contributed by atoms with Gasteiger partial charge in [0.05, 0.1) is 35.4 Å². The van der Waals surface area contributed by atoms with Crippen molar-refractivity contribution in [1.82, 2.24) is 8.87 Å². The molecule has 2 saturated heterocycles. The van der Waals surface area contributed by atoms with Crippen LogP contribution < -0.4 is 0 Å². The Kier molecular flexibility index (Phi) is 6.18. The van der Waals surface area contributed by atoms with E-state index in [0.29, 0.717) is 37.4 Å². The predicted molar refractivity (Wildman–Crippen MR) is 129 cm³/mol. The van der Waals surface area contributed by atoms with Gasteiger partial charge in [0, 0.05) is 24.3 Å². The summed E-state index contributed by atoms with van der Waals surface area (Å²) in [4.78, 5) is 14.9. The number of hydrogen-bond donors (Lipinski definition) is 0. The van der Waals surface area contributed by atoms with Gasteiger partial charge in [0.15, 0.2) is 5.79 Å². The van der Waals surface area contributed by atoms with E-state index in [1.165, 1.54) is 3.97 Å². The normalized spacial score (nSPS) is 22.5. The summed E-state index contributed by atoms with van der Waals surface area (Å²) in [6, 6.07) is 16.9. The van der Waals surface area contributed by atoms with Gasteiger partial charge >= 0.3 is 0 Å². The van der Waals surface area contributed by atoms with Crippen molar-refractivity contribution in [3.8, 4) is 0 Å². The van der Waals surface area contributed by atoms with Crippen molar-refractivity contribution in [1.29, 1.82) is 0 Å². The highest BCUT2D eigenvalue weighted by Crippen LogP contribution is 2.47. The van der Waals surface area contributed by atoms with E-state index in [9.17, 15) is 13.2 Å². The molecule has 2 aromatic carbocycles. The number of fused-ring (bicyclic) bond motifs is 1. The van der Waals surface area contributed by atoms with Gasteiger partial charge in [-0.25, -0.2) is 12.4 Å². The summed E-state index contributed by atoms with van der Waals surface area (Å²) in [5.74, 6) is -1.33. The van der Waals surface area contributed by atoms with Crippen molar-refractivity contribution in [2.75, 3.05) is 25.6 Å². The van der Waals surface area contributed by atoms with Crippen LogP contribution in [-0.4, -0.2) is 54.6 Å². The number of ether oxygens (including phenoxy) is 2. The van der Waals surface area contributed by atoms with Gasteiger partial charge in [-0.3, -0.25) is 4.79 Å². The molecule has 7 nitrogen and oxygen atoms in total. The molecule has 3 aromatic rings. The molecule has 0 N–H and O–H groups in total. The van der Waals surface area contributed by atoms with E-state index in [1.807, 2.05) is 31.2 Å². The van der Waals surface area contributed by atoms with E-state index < -0.39 is 21.9 Å². The van der Waals surface area contributed by atoms with Crippen LogP contribution in [-0.2, 0) is 24.3 Å². The number of piperidine rings is 1. The average Bonchev–Trinajstić information content (AvgIpc) is 3.49. The first-order chi connectivity index (χ1) is 16.4. The lowest BCUT2D eigenvalue weighted by atomic mass is 9.83. The molecule has 180 valence electrons. The van der Waals surface area contributed by atoms with Crippen molar-refractivity contribution in [2.24, 2.45) is 5.92 Å². The fourth-order valence-electron chi connectivity index (χ4n) is 5.28. The minimum absolute atomic E-state index is 0.0398. The number of halogens is 1. The van der Waals surface area contributed by atoms with Crippen molar-refractivity contribution < 1.29 is 22.7 Å². The summed E-state index contributed by atoms with van der Waals surface area (Å²) in [7, 11) is -3.95. The molecule has 9 heteroatoms. The molecule has 2 fully saturated rings. The third-order valence-corrected chi connectivity index (χ3v) is 8.90. The maximum atomic E-state index is 13.9. The Balaban J connectivity index is 1.72. The van der Waals surface area contributed by atoms with Crippen LogP contribution in [0, 0.1) is 5.92 Å². The van der Waals surface area contributed by atoms with Gasteiger partial charge in [-0.1, -0.05) is 43.3 Å². The molecule has 0 unspecified atom stereocenters. The Bertz CT molecular complexity index is 1300. The predicted octanol–water partition coefficient (Wildman–Crippen LogP) is 4.16. The fraction of sp³-hybridized carbons (Fsp3) is 0.400. The highest BCUT2D eigenvalue weighted by atomic mass is 35.5. The molecule has 5 rings (SSSR count). The van der Waals surface area contributed by atoms with Gasteiger partial charge < -0.3 is 14.4 Å². The maximum Gasteiger partial charge on any atom is 0.268 e. The lowest BCUT2D eigenvalue weighted by Crippen LogP contribution is -2.55. The lowest BCUT2D eigenvalue weighted by Gasteiger charge is -2.48. The van der Waals surface area contributed by atoms with Gasteiger partial charge in [0.2, 0.25) is 5.91 Å². The molecule has 0 radical (unpaired) electrons. The molecule has 2 atom stereocenters. The van der Waals surface area contributed by atoms with Crippen molar-refractivity contribution >= 4 is 38.4 Å². The van der Waals surface area contributed by atoms with Gasteiger partial charge in [-0.05, 0) is 30.7 Å². The van der Waals surface area contributed by atoms with Gasteiger partial charge in [0.25, 0.3) is 10.0 Å². The monoisotopic (exact) mass is 502 g/mol. The van der Waals surface area contributed by atoms with Crippen molar-refractivity contribution in [3.63, 3.8) is 0 Å². The Hall–Kier alpha value is -2.39. The highest BCUT2D eigenvalue weighted by molar-refractivity contribution is 7.90. The molecule has 2 aliphatic heterocycles. The molecule has 1 amide bonds. The Morgan fingerprint density at radius 3 is 2.44 bits per heavy atom. The summed E-state index contributed by atoms with van der Waals surface area (Å²) in [6.07, 6.45) is 1.08. The number of alkyl halides is 1. The smallest absolute Gasteiger partial charge is 0.268 e. The van der Waals surface area contributed by atoms with Crippen LogP contribution in [0.1, 0.15) is 31.5 Å². The quantitative estimate of drug-likeness (QED) is 0.489. The van der Waals surface area contributed by atoms with Gasteiger partial charge in [-0.2, -0.15) is 0 Å². The van der Waals surface area contributed by atoms with Crippen LogP contribution >= 0.6 is 11.6 Å². The SMILES string of the molecule is CC[C@H]1CN(C(=O)CCl)[C@H](c2cc3ccccc3n2S(=O)(=O)c2ccccc2)CC12OCCO2. The van der Waals surface area contributed by atoms with Crippen molar-refractivity contribution in [3.05, 3.63) is 66.4 Å². The molecular formula is C25H27ClN2O5S. The molecule has 3 heterocycles. The summed E-state index contributed by atoms with van der Waals surface area (Å²) in [5, 5.41) is 0.773. The van der Waals surface area contributed by atoms with Gasteiger partial charge in [0.1, 0.15) is 5.88 Å². The Labute approximate surface area is 204 Å². The summed E-state index contributed by atoms with van der Waals surface area (Å²) < 4.78 is 41.5. The number of carbonyl (C=O) groups excluding carboxylic acids is 1. The summed E-state index contributed by atoms with van der Waals surface area (Å²) >= 11 is 6.01. The third-order valence-electron chi connectivity index (χ3n) is 6.91. The molecule has 0 bridgehead atoms. The van der Waals surface area contributed by atoms with Crippen LogP contribution in [0.25, 0.3) is 10.9 Å². The first kappa shape index (κ1) is 23.4. The maximum absolute atomic E-state index is 13.9. The third kappa shape index (κ3) is 3.73. The zero-order valence-electron chi connectivity index (χ0n) is 18.9. The van der Waals surface area contributed by atoms with Crippen LogP contribution in [0.2, 0.25) is 0 Å². The Morgan fingerprint density at radius 2 is 1.76 bits per heavy atom. The van der Waals surface area contributed by atoms with E-state index in [0.717, 1.165) is 11.8 Å². The zero-order chi connectivity index (χ0) is 23.9. The average molecular weight is 503 g/mol. The molecule has 1 spiro atoms. The lowest BCUT2D eigenvalue weighted by molar-refractivity contribution is -0.232. The number of amides is 1. The number of nitrogens with zero attached hydrogens (tertiary/aromatic N) is 2. The molecule has 1 aromatic heterocycles. The van der Waals surface area contributed by atoms with E-state index in [2.05, 4.69) is 0 Å². The minimum atomic E-state index is -3.95. The number of para-hydroxylation sites is 1. The van der Waals surface area contributed by atoms with Crippen LogP contribution in [0.15, 0.2) is 65.6 Å². The highest BCUT2D eigenvalue weighted by Gasteiger charge is 2.52. The first-order valence-corrected chi connectivity index (χ1v) is 13.4. The summed E-state index contributed by atoms with van der Waals surface area (Å²) in [5.41, 5.74) is 1.05. The van der Waals surface area contributed by atoms with Crippen molar-refractivity contribution in [2.45, 2.75) is 36.5 Å². The zero-order valence-corrected chi connectivity index (χ0v) is 20.5. The van der Waals surface area contributed by atoms with Crippen LogP contribution in [0.4, 0.5) is 0 Å². The Morgan fingerprint density at radius 1 is 1.09 bits per heavy atom. The standard InChI is InChI=1S/C25H27ClN2O5S/c1-2-19-17-27(24(29)16-26)23(15-25(19)32-12-13-33-25)22-14-18-8-6-7-11-21(18)28(22)34(30,31)20-9-4-3-5-10-20/h3-11,14,19,23H,2,12-13,15-17H2,1H3/t19-,23-/m0/s1. The second-order valence-electron chi connectivity index (χ2n) is 8.72. The molecule has 34 heavy (non-hydrogen) atoms. The minimum Gasteiger partial charge on any atom is -0.347 e. The van der Waals surface area contributed by atoms with E-state index in [1.54, 1.807) is 41.3 Å². The number of hydrogen-bond acceptors (Lipinski definition) is 5. The van der Waals surface area contributed by atoms with Gasteiger partial charge in [-0.15, -0.1) is 11.6 Å². The number of benzene rings is 2. The first-order valence-electron chi connectivity index (χ1n) is 11.5. The number of likely N-dealkylation sites (tertiary alicyclic amines) is 1. The summed E-state index contributed by atoms with van der Waals surface area (Å²) in [6.45, 7) is 3.35.